The molecule has 0 unspecified atom stereocenters. The largest absolute Gasteiger partial charge is 1.00 e. The van der Waals surface area contributed by atoms with Crippen LogP contribution in [0.3, 0.4) is 0 Å². The fourth-order valence-corrected chi connectivity index (χ4v) is 0.185. The third-order valence-electron chi connectivity index (χ3n) is 0.424. The molecule has 0 bridgehead atoms. The van der Waals surface area contributed by atoms with E-state index in [4.69, 9.17) is 0 Å². The van der Waals surface area contributed by atoms with Crippen LogP contribution in [0.25, 0.3) is 0 Å². The Balaban J connectivity index is 0. The molecule has 0 aliphatic rings. The number of hydrogen-bond acceptors (Lipinski definition) is 3. The number of carboxylic acids is 1. The van der Waals surface area contributed by atoms with Crippen molar-refractivity contribution in [1.29, 1.82) is 0 Å². The summed E-state index contributed by atoms with van der Waals surface area (Å²) in [5.74, 6) is -1.16. The van der Waals surface area contributed by atoms with Gasteiger partial charge in [0.05, 0.1) is 12.6 Å². The van der Waals surface area contributed by atoms with Crippen LogP contribution in [-0.4, -0.2) is 19.2 Å². The van der Waals surface area contributed by atoms with Crippen molar-refractivity contribution >= 4 is 5.97 Å². The van der Waals surface area contributed by atoms with Gasteiger partial charge in [0.2, 0.25) is 0 Å². The van der Waals surface area contributed by atoms with Gasteiger partial charge in [-0.3, -0.25) is 0 Å². The number of ether oxygens (including phenoxy) is 1. The molecule has 0 amide bonds. The average molecular weight is 126 g/mol. The maximum atomic E-state index is 9.52. The topological polar surface area (TPSA) is 49.4 Å². The molecule has 3 nitrogen and oxygen atoms in total. The van der Waals surface area contributed by atoms with Gasteiger partial charge in [-0.05, 0) is 6.92 Å². The minimum Gasteiger partial charge on any atom is -0.548 e. The molecular formula is C4H7NaO3. The molecule has 0 spiro atoms. The number of hydrogen-bond donors (Lipinski definition) is 0. The summed E-state index contributed by atoms with van der Waals surface area (Å²) < 4.78 is 4.43. The van der Waals surface area contributed by atoms with Gasteiger partial charge in [0.1, 0.15) is 0 Å². The quantitative estimate of drug-likeness (QED) is 0.360. The number of rotatable bonds is 3. The van der Waals surface area contributed by atoms with E-state index in [2.05, 4.69) is 4.74 Å². The van der Waals surface area contributed by atoms with Crippen LogP contribution in [0.1, 0.15) is 6.92 Å². The molecule has 0 saturated carbocycles. The number of carbonyl (C=O) groups is 1. The van der Waals surface area contributed by atoms with Crippen molar-refractivity contribution in [2.24, 2.45) is 0 Å². The molecule has 0 aliphatic heterocycles. The summed E-state index contributed by atoms with van der Waals surface area (Å²) in [6.45, 7) is 1.85. The second-order valence-electron chi connectivity index (χ2n) is 1.01. The van der Waals surface area contributed by atoms with Gasteiger partial charge in [0, 0.05) is 6.61 Å². The van der Waals surface area contributed by atoms with E-state index in [1.807, 2.05) is 0 Å². The Hall–Kier alpha value is 0.430. The molecule has 0 atom stereocenters. The average Bonchev–Trinajstić information content (AvgIpc) is 1.61. The van der Waals surface area contributed by atoms with Crippen LogP contribution in [-0.2, 0) is 9.53 Å². The Kier molecular flexibility index (Phi) is 10.5. The summed E-state index contributed by atoms with van der Waals surface area (Å²) >= 11 is 0. The summed E-state index contributed by atoms with van der Waals surface area (Å²) in [5.41, 5.74) is 0. The maximum absolute atomic E-state index is 9.52. The number of carbonyl (C=O) groups excluding carboxylic acids is 1. The summed E-state index contributed by atoms with van der Waals surface area (Å²) in [4.78, 5) is 9.52. The van der Waals surface area contributed by atoms with Crippen LogP contribution in [0, 0.1) is 0 Å². The van der Waals surface area contributed by atoms with E-state index in [-0.39, 0.29) is 36.2 Å². The van der Waals surface area contributed by atoms with Crippen LogP contribution in [0.5, 0.6) is 0 Å². The number of aliphatic carboxylic acids is 1. The summed E-state index contributed by atoms with van der Waals surface area (Å²) in [6, 6.07) is 0. The maximum Gasteiger partial charge on any atom is 1.00 e. The van der Waals surface area contributed by atoms with E-state index in [1.54, 1.807) is 6.92 Å². The van der Waals surface area contributed by atoms with E-state index in [9.17, 15) is 9.90 Å². The standard InChI is InChI=1S/C4H8O3.Na/c1-2-7-3-4(5)6;/h2-3H2,1H3,(H,5,6);/q;+1/p-1. The molecule has 0 saturated heterocycles. The molecule has 0 rings (SSSR count). The molecule has 0 aromatic heterocycles. The van der Waals surface area contributed by atoms with Crippen molar-refractivity contribution in [1.82, 2.24) is 0 Å². The zero-order valence-corrected chi connectivity index (χ0v) is 7.14. The first-order chi connectivity index (χ1) is 3.27. The van der Waals surface area contributed by atoms with Crippen molar-refractivity contribution in [3.8, 4) is 0 Å². The van der Waals surface area contributed by atoms with Gasteiger partial charge in [-0.15, -0.1) is 0 Å². The summed E-state index contributed by atoms with van der Waals surface area (Å²) in [5, 5.41) is 9.52. The van der Waals surface area contributed by atoms with Crippen LogP contribution < -0.4 is 34.7 Å². The molecule has 0 fully saturated rings. The summed E-state index contributed by atoms with van der Waals surface area (Å²) in [6.07, 6.45) is 0. The molecule has 8 heavy (non-hydrogen) atoms. The molecule has 0 aliphatic carbocycles. The molecule has 0 radical (unpaired) electrons. The van der Waals surface area contributed by atoms with Crippen molar-refractivity contribution in [2.45, 2.75) is 6.92 Å². The molecule has 0 aromatic carbocycles. The van der Waals surface area contributed by atoms with Crippen molar-refractivity contribution in [3.63, 3.8) is 0 Å². The first-order valence-corrected chi connectivity index (χ1v) is 2.05. The van der Waals surface area contributed by atoms with Gasteiger partial charge >= 0.3 is 29.6 Å². The molecule has 4 heteroatoms. The molecule has 0 N–H and O–H groups in total. The van der Waals surface area contributed by atoms with Gasteiger partial charge in [-0.25, -0.2) is 0 Å². The monoisotopic (exact) mass is 126 g/mol. The second-order valence-corrected chi connectivity index (χ2v) is 1.01. The van der Waals surface area contributed by atoms with Crippen LogP contribution in [0.15, 0.2) is 0 Å². The smallest absolute Gasteiger partial charge is 0.548 e. The fraction of sp³-hybridized carbons (Fsp3) is 0.750. The van der Waals surface area contributed by atoms with Crippen molar-refractivity contribution in [2.75, 3.05) is 13.2 Å². The Labute approximate surface area is 70.3 Å². The Morgan fingerprint density at radius 1 is 1.75 bits per heavy atom. The first kappa shape index (κ1) is 11.3. The van der Waals surface area contributed by atoms with Gasteiger partial charge < -0.3 is 14.6 Å². The van der Waals surface area contributed by atoms with Gasteiger partial charge in [-0.2, -0.15) is 0 Å². The predicted octanol–water partition coefficient (Wildman–Crippen LogP) is -4.22. The molecule has 0 aromatic rings. The van der Waals surface area contributed by atoms with Crippen molar-refractivity contribution < 1.29 is 44.2 Å². The Bertz CT molecular complexity index is 64.3. The molecular weight excluding hydrogens is 119 g/mol. The SMILES string of the molecule is CCOCC(=O)[O-].[Na+]. The third-order valence-corrected chi connectivity index (χ3v) is 0.424. The minimum atomic E-state index is -1.16. The van der Waals surface area contributed by atoms with E-state index < -0.39 is 5.97 Å². The Morgan fingerprint density at radius 3 is 2.38 bits per heavy atom. The van der Waals surface area contributed by atoms with Crippen LogP contribution in [0.2, 0.25) is 0 Å². The van der Waals surface area contributed by atoms with Gasteiger partial charge in [0.25, 0.3) is 0 Å². The first-order valence-electron chi connectivity index (χ1n) is 2.05. The van der Waals surface area contributed by atoms with Gasteiger partial charge in [0.15, 0.2) is 0 Å². The Morgan fingerprint density at radius 2 is 2.25 bits per heavy atom. The van der Waals surface area contributed by atoms with E-state index >= 15 is 0 Å². The predicted molar refractivity (Wildman–Crippen MR) is 21.5 cm³/mol. The van der Waals surface area contributed by atoms with Gasteiger partial charge in [-0.1, -0.05) is 0 Å². The third kappa shape index (κ3) is 9.66. The second kappa shape index (κ2) is 7.43. The molecule has 0 heterocycles. The van der Waals surface area contributed by atoms with E-state index in [0.29, 0.717) is 6.61 Å². The fourth-order valence-electron chi connectivity index (χ4n) is 0.185. The molecule has 42 valence electrons. The zero-order valence-electron chi connectivity index (χ0n) is 5.14. The van der Waals surface area contributed by atoms with E-state index in [0.717, 1.165) is 0 Å². The van der Waals surface area contributed by atoms with Crippen LogP contribution >= 0.6 is 0 Å². The zero-order chi connectivity index (χ0) is 5.70. The van der Waals surface area contributed by atoms with E-state index in [1.165, 1.54) is 0 Å². The number of carboxylic acid groups (broad SMARTS) is 1. The van der Waals surface area contributed by atoms with Crippen molar-refractivity contribution in [3.05, 3.63) is 0 Å². The minimum absolute atomic E-state index is 0. The summed E-state index contributed by atoms with van der Waals surface area (Å²) in [7, 11) is 0. The van der Waals surface area contributed by atoms with Crippen LogP contribution in [0.4, 0.5) is 0 Å². The normalized spacial score (nSPS) is 7.62.